The van der Waals surface area contributed by atoms with Crippen molar-refractivity contribution in [1.29, 1.82) is 0 Å². The van der Waals surface area contributed by atoms with Crippen LogP contribution < -0.4 is 10.6 Å². The number of hydrogen-bond donors (Lipinski definition) is 2. The van der Waals surface area contributed by atoms with Gasteiger partial charge in [0.05, 0.1) is 4.90 Å². The molecule has 2 heterocycles. The third-order valence-corrected chi connectivity index (χ3v) is 6.64. The lowest BCUT2D eigenvalue weighted by Gasteiger charge is -2.25. The number of carbonyl (C=O) groups is 1. The molecule has 1 amide bonds. The Bertz CT molecular complexity index is 1150. The number of oxazole rings is 1. The third kappa shape index (κ3) is 4.25. The van der Waals surface area contributed by atoms with Crippen LogP contribution in [0.4, 0.5) is 17.4 Å². The molecule has 1 aliphatic heterocycles. The quantitative estimate of drug-likeness (QED) is 0.660. The summed E-state index contributed by atoms with van der Waals surface area (Å²) >= 11 is 0. The van der Waals surface area contributed by atoms with Crippen molar-refractivity contribution in [3.63, 3.8) is 0 Å². The van der Waals surface area contributed by atoms with Crippen LogP contribution in [0.25, 0.3) is 11.1 Å². The number of rotatable bonds is 5. The van der Waals surface area contributed by atoms with Crippen LogP contribution in [-0.4, -0.2) is 36.7 Å². The summed E-state index contributed by atoms with van der Waals surface area (Å²) < 4.78 is 33.0. The second-order valence-corrected chi connectivity index (χ2v) is 8.94. The third-order valence-electron chi connectivity index (χ3n) is 4.75. The van der Waals surface area contributed by atoms with Gasteiger partial charge in [0.1, 0.15) is 5.52 Å². The summed E-state index contributed by atoms with van der Waals surface area (Å²) in [5.74, 6) is -0.161. The molecule has 1 aliphatic rings. The summed E-state index contributed by atoms with van der Waals surface area (Å²) in [7, 11) is -3.53. The van der Waals surface area contributed by atoms with Gasteiger partial charge in [0.15, 0.2) is 5.58 Å². The van der Waals surface area contributed by atoms with Crippen molar-refractivity contribution in [3.05, 3.63) is 42.5 Å². The fraction of sp³-hybridized carbons (Fsp3) is 0.300. The van der Waals surface area contributed by atoms with Crippen LogP contribution in [0, 0.1) is 0 Å². The number of nitrogens with zero attached hydrogens (tertiary/aromatic N) is 2. The number of anilines is 3. The van der Waals surface area contributed by atoms with E-state index in [1.807, 2.05) is 6.07 Å². The molecule has 1 aromatic heterocycles. The van der Waals surface area contributed by atoms with Crippen LogP contribution in [0.3, 0.4) is 0 Å². The maximum absolute atomic E-state index is 12.9. The van der Waals surface area contributed by atoms with Gasteiger partial charge in [0, 0.05) is 31.4 Å². The zero-order valence-electron chi connectivity index (χ0n) is 16.0. The number of aromatic nitrogens is 1. The van der Waals surface area contributed by atoms with E-state index in [9.17, 15) is 13.2 Å². The first-order chi connectivity index (χ1) is 13.9. The van der Waals surface area contributed by atoms with Gasteiger partial charge >= 0.3 is 0 Å². The summed E-state index contributed by atoms with van der Waals surface area (Å²) in [6, 6.07) is 12.1. The summed E-state index contributed by atoms with van der Waals surface area (Å²) in [5.41, 5.74) is 2.28. The average Bonchev–Trinajstić information content (AvgIpc) is 3.10. The highest BCUT2D eigenvalue weighted by Crippen LogP contribution is 2.27. The van der Waals surface area contributed by atoms with Crippen LogP contribution in [0.2, 0.25) is 0 Å². The Hall–Kier alpha value is -2.91. The molecule has 0 bridgehead atoms. The Morgan fingerprint density at radius 3 is 2.59 bits per heavy atom. The normalized spacial score (nSPS) is 15.3. The largest absolute Gasteiger partial charge is 0.423 e. The van der Waals surface area contributed by atoms with Gasteiger partial charge in [-0.3, -0.25) is 4.79 Å². The standard InChI is InChI=1S/C20H22N4O4S/c1-14(25)21-15-6-5-7-16(12-15)22-20-23-18-13-17(8-9-19(18)28-20)29(26,27)24-10-3-2-4-11-24/h5-9,12-13H,2-4,10-11H2,1H3,(H,21,25)(H,22,23). The highest BCUT2D eigenvalue weighted by atomic mass is 32.2. The molecule has 152 valence electrons. The van der Waals surface area contributed by atoms with E-state index in [0.29, 0.717) is 35.6 Å². The molecular formula is C20H22N4O4S. The van der Waals surface area contributed by atoms with Crippen LogP contribution in [0.5, 0.6) is 0 Å². The van der Waals surface area contributed by atoms with Crippen LogP contribution in [0.15, 0.2) is 51.8 Å². The number of benzene rings is 2. The maximum atomic E-state index is 12.9. The number of hydrogen-bond acceptors (Lipinski definition) is 6. The fourth-order valence-electron chi connectivity index (χ4n) is 3.38. The topological polar surface area (TPSA) is 105 Å². The molecule has 1 fully saturated rings. The number of carbonyl (C=O) groups excluding carboxylic acids is 1. The van der Waals surface area contributed by atoms with Crippen molar-refractivity contribution in [3.8, 4) is 0 Å². The lowest BCUT2D eigenvalue weighted by molar-refractivity contribution is -0.114. The first-order valence-electron chi connectivity index (χ1n) is 9.47. The summed E-state index contributed by atoms with van der Waals surface area (Å²) in [4.78, 5) is 15.8. The molecule has 0 atom stereocenters. The second kappa shape index (κ2) is 7.84. The molecule has 0 aliphatic carbocycles. The zero-order valence-corrected chi connectivity index (χ0v) is 16.8. The number of amides is 1. The van der Waals surface area contributed by atoms with E-state index in [2.05, 4.69) is 15.6 Å². The molecule has 3 aromatic rings. The smallest absolute Gasteiger partial charge is 0.300 e. The molecule has 8 nitrogen and oxygen atoms in total. The van der Waals surface area contributed by atoms with Crippen LogP contribution >= 0.6 is 0 Å². The van der Waals surface area contributed by atoms with Crippen molar-refractivity contribution < 1.29 is 17.6 Å². The predicted octanol–water partition coefficient (Wildman–Crippen LogP) is 3.70. The summed E-state index contributed by atoms with van der Waals surface area (Å²) in [6.45, 7) is 2.55. The minimum atomic E-state index is -3.53. The van der Waals surface area contributed by atoms with E-state index in [1.165, 1.54) is 11.2 Å². The lowest BCUT2D eigenvalue weighted by Crippen LogP contribution is -2.35. The maximum Gasteiger partial charge on any atom is 0.300 e. The molecule has 0 unspecified atom stereocenters. The molecule has 2 aromatic carbocycles. The minimum absolute atomic E-state index is 0.161. The second-order valence-electron chi connectivity index (χ2n) is 7.00. The van der Waals surface area contributed by atoms with Gasteiger partial charge in [0.25, 0.3) is 6.01 Å². The minimum Gasteiger partial charge on any atom is -0.423 e. The van der Waals surface area contributed by atoms with Crippen LogP contribution in [-0.2, 0) is 14.8 Å². The molecule has 2 N–H and O–H groups in total. The van der Waals surface area contributed by atoms with Gasteiger partial charge in [0.2, 0.25) is 15.9 Å². The Morgan fingerprint density at radius 1 is 1.07 bits per heavy atom. The number of fused-ring (bicyclic) bond motifs is 1. The first kappa shape index (κ1) is 19.4. The van der Waals surface area contributed by atoms with Gasteiger partial charge in [-0.15, -0.1) is 0 Å². The molecule has 4 rings (SSSR count). The van der Waals surface area contributed by atoms with E-state index in [1.54, 1.807) is 36.4 Å². The summed E-state index contributed by atoms with van der Waals surface area (Å²) in [6.07, 6.45) is 2.83. The highest BCUT2D eigenvalue weighted by Gasteiger charge is 2.26. The molecule has 0 spiro atoms. The SMILES string of the molecule is CC(=O)Nc1cccc(Nc2nc3cc(S(=O)(=O)N4CCCCC4)ccc3o2)c1. The van der Waals surface area contributed by atoms with Crippen LogP contribution in [0.1, 0.15) is 26.2 Å². The van der Waals surface area contributed by atoms with Crippen molar-refractivity contribution in [2.24, 2.45) is 0 Å². The monoisotopic (exact) mass is 414 g/mol. The van der Waals surface area contributed by atoms with Crippen molar-refractivity contribution in [1.82, 2.24) is 9.29 Å². The van der Waals surface area contributed by atoms with Crippen molar-refractivity contribution in [2.45, 2.75) is 31.1 Å². The number of sulfonamides is 1. The van der Waals surface area contributed by atoms with Gasteiger partial charge < -0.3 is 15.1 Å². The predicted molar refractivity (Wildman–Crippen MR) is 111 cm³/mol. The summed E-state index contributed by atoms with van der Waals surface area (Å²) in [5, 5.41) is 5.75. The average molecular weight is 414 g/mol. The first-order valence-corrected chi connectivity index (χ1v) is 10.9. The lowest BCUT2D eigenvalue weighted by atomic mass is 10.2. The molecule has 1 saturated heterocycles. The Labute approximate surface area is 169 Å². The molecule has 0 radical (unpaired) electrons. The fourth-order valence-corrected chi connectivity index (χ4v) is 4.91. The number of piperidine rings is 1. The van der Waals surface area contributed by atoms with E-state index in [0.717, 1.165) is 19.3 Å². The zero-order chi connectivity index (χ0) is 20.4. The molecular weight excluding hydrogens is 392 g/mol. The Morgan fingerprint density at radius 2 is 1.83 bits per heavy atom. The highest BCUT2D eigenvalue weighted by molar-refractivity contribution is 7.89. The van der Waals surface area contributed by atoms with E-state index < -0.39 is 10.0 Å². The molecule has 9 heteroatoms. The van der Waals surface area contributed by atoms with Gasteiger partial charge in [-0.05, 0) is 49.2 Å². The van der Waals surface area contributed by atoms with E-state index >= 15 is 0 Å². The van der Waals surface area contributed by atoms with Crippen molar-refractivity contribution >= 4 is 44.4 Å². The van der Waals surface area contributed by atoms with Gasteiger partial charge in [-0.25, -0.2) is 8.42 Å². The van der Waals surface area contributed by atoms with E-state index in [-0.39, 0.29) is 16.8 Å². The van der Waals surface area contributed by atoms with Crippen molar-refractivity contribution in [2.75, 3.05) is 23.7 Å². The van der Waals surface area contributed by atoms with Gasteiger partial charge in [-0.2, -0.15) is 9.29 Å². The Balaban J connectivity index is 1.58. The van der Waals surface area contributed by atoms with Gasteiger partial charge in [-0.1, -0.05) is 12.5 Å². The molecule has 29 heavy (non-hydrogen) atoms. The molecule has 0 saturated carbocycles. The van der Waals surface area contributed by atoms with E-state index in [4.69, 9.17) is 4.42 Å². The number of nitrogens with one attached hydrogen (secondary N) is 2. The Kier molecular flexibility index (Phi) is 5.25.